The first-order chi connectivity index (χ1) is 13.2. The number of anilines is 2. The second kappa shape index (κ2) is 8.70. The van der Waals surface area contributed by atoms with Crippen molar-refractivity contribution in [1.29, 1.82) is 0 Å². The number of piperazine rings is 1. The highest BCUT2D eigenvalue weighted by molar-refractivity contribution is 5.97. The maximum atomic E-state index is 12.8. The third-order valence-corrected chi connectivity index (χ3v) is 4.95. The van der Waals surface area contributed by atoms with Gasteiger partial charge in [0, 0.05) is 39.3 Å². The van der Waals surface area contributed by atoms with Crippen LogP contribution in [0.1, 0.15) is 24.2 Å². The fourth-order valence-corrected chi connectivity index (χ4v) is 3.33. The molecule has 144 valence electrons. The molecule has 0 bridgehead atoms. The molecule has 1 aromatic heterocycles. The number of hydrogen-bond acceptors (Lipinski definition) is 6. The number of benzene rings is 1. The Morgan fingerprint density at radius 3 is 2.33 bits per heavy atom. The predicted molar refractivity (Wildman–Crippen MR) is 107 cm³/mol. The molecule has 27 heavy (non-hydrogen) atoms. The van der Waals surface area contributed by atoms with Crippen LogP contribution >= 0.6 is 0 Å². The van der Waals surface area contributed by atoms with Crippen molar-refractivity contribution in [2.45, 2.75) is 13.8 Å². The summed E-state index contributed by atoms with van der Waals surface area (Å²) < 4.78 is 5.32. The van der Waals surface area contributed by atoms with Gasteiger partial charge in [0.2, 0.25) is 0 Å². The molecule has 0 radical (unpaired) electrons. The Balaban J connectivity index is 1.62. The highest BCUT2D eigenvalue weighted by Gasteiger charge is 2.24. The molecule has 0 aliphatic carbocycles. The number of carbonyl (C=O) groups is 1. The van der Waals surface area contributed by atoms with Crippen LogP contribution in [0.2, 0.25) is 0 Å². The fraction of sp³-hybridized carbons (Fsp3) is 0.450. The van der Waals surface area contributed by atoms with Gasteiger partial charge in [0.25, 0.3) is 5.91 Å². The van der Waals surface area contributed by atoms with Crippen molar-refractivity contribution in [1.82, 2.24) is 15.1 Å². The van der Waals surface area contributed by atoms with Gasteiger partial charge in [0.15, 0.2) is 11.6 Å². The first-order valence-electron chi connectivity index (χ1n) is 9.43. The quantitative estimate of drug-likeness (QED) is 0.779. The molecular formula is C20H27N5O2. The zero-order valence-electron chi connectivity index (χ0n) is 16.3. The minimum Gasteiger partial charge on any atom is -0.496 e. The van der Waals surface area contributed by atoms with Crippen molar-refractivity contribution in [3.8, 4) is 5.75 Å². The van der Waals surface area contributed by atoms with Gasteiger partial charge in [-0.15, -0.1) is 10.2 Å². The van der Waals surface area contributed by atoms with E-state index in [2.05, 4.69) is 33.8 Å². The van der Waals surface area contributed by atoms with Crippen molar-refractivity contribution in [3.63, 3.8) is 0 Å². The lowest BCUT2D eigenvalue weighted by Crippen LogP contribution is -2.49. The zero-order chi connectivity index (χ0) is 19.2. The lowest BCUT2D eigenvalue weighted by Gasteiger charge is -2.35. The zero-order valence-corrected chi connectivity index (χ0v) is 16.3. The Morgan fingerprint density at radius 1 is 1.04 bits per heavy atom. The molecule has 1 amide bonds. The summed E-state index contributed by atoms with van der Waals surface area (Å²) in [5.41, 5.74) is 0.608. The SMILES string of the molecule is CCN(CC)c1ccc(N2CCN(C(=O)c3ccccc3OC)CC2)nn1. The van der Waals surface area contributed by atoms with Crippen LogP contribution in [0.25, 0.3) is 0 Å². The lowest BCUT2D eigenvalue weighted by molar-refractivity contribution is 0.0743. The van der Waals surface area contributed by atoms with E-state index in [0.29, 0.717) is 24.4 Å². The molecule has 7 heteroatoms. The van der Waals surface area contributed by atoms with Gasteiger partial charge in [-0.1, -0.05) is 12.1 Å². The minimum absolute atomic E-state index is 0.00932. The molecule has 1 fully saturated rings. The summed E-state index contributed by atoms with van der Waals surface area (Å²) >= 11 is 0. The van der Waals surface area contributed by atoms with E-state index in [-0.39, 0.29) is 5.91 Å². The molecular weight excluding hydrogens is 342 g/mol. The lowest BCUT2D eigenvalue weighted by atomic mass is 10.1. The minimum atomic E-state index is 0.00932. The van der Waals surface area contributed by atoms with E-state index in [1.165, 1.54) is 0 Å². The molecule has 1 aliphatic heterocycles. The number of rotatable bonds is 6. The first-order valence-corrected chi connectivity index (χ1v) is 9.43. The van der Waals surface area contributed by atoms with Crippen LogP contribution in [-0.4, -0.2) is 67.4 Å². The molecule has 2 aromatic rings. The largest absolute Gasteiger partial charge is 0.496 e. The number of ether oxygens (including phenoxy) is 1. The number of methoxy groups -OCH3 is 1. The maximum Gasteiger partial charge on any atom is 0.257 e. The fourth-order valence-electron chi connectivity index (χ4n) is 3.33. The summed E-state index contributed by atoms with van der Waals surface area (Å²) in [7, 11) is 1.59. The van der Waals surface area contributed by atoms with Crippen LogP contribution in [0.5, 0.6) is 5.75 Å². The topological polar surface area (TPSA) is 61.8 Å². The molecule has 0 N–H and O–H groups in total. The maximum absolute atomic E-state index is 12.8. The summed E-state index contributed by atoms with van der Waals surface area (Å²) in [6.45, 7) is 8.81. The Morgan fingerprint density at radius 2 is 1.74 bits per heavy atom. The standard InChI is InChI=1S/C20H27N5O2/c1-4-23(5-2)18-10-11-19(22-21-18)24-12-14-25(15-13-24)20(26)16-8-6-7-9-17(16)27-3/h6-11H,4-5,12-15H2,1-3H3. The van der Waals surface area contributed by atoms with Crippen molar-refractivity contribution < 1.29 is 9.53 Å². The molecule has 1 saturated heterocycles. The van der Waals surface area contributed by atoms with Crippen molar-refractivity contribution in [3.05, 3.63) is 42.0 Å². The second-order valence-corrected chi connectivity index (χ2v) is 6.40. The Hall–Kier alpha value is -2.83. The number of carbonyl (C=O) groups excluding carboxylic acids is 1. The summed E-state index contributed by atoms with van der Waals surface area (Å²) in [4.78, 5) is 19.0. The number of amides is 1. The van der Waals surface area contributed by atoms with E-state index in [1.807, 2.05) is 41.3 Å². The second-order valence-electron chi connectivity index (χ2n) is 6.40. The highest BCUT2D eigenvalue weighted by Crippen LogP contribution is 2.21. The van der Waals surface area contributed by atoms with Gasteiger partial charge in [-0.05, 0) is 38.1 Å². The van der Waals surface area contributed by atoms with E-state index in [1.54, 1.807) is 7.11 Å². The highest BCUT2D eigenvalue weighted by atomic mass is 16.5. The number of nitrogens with zero attached hydrogens (tertiary/aromatic N) is 5. The molecule has 2 heterocycles. The van der Waals surface area contributed by atoms with Crippen LogP contribution in [0.15, 0.2) is 36.4 Å². The summed E-state index contributed by atoms with van der Waals surface area (Å²) in [6.07, 6.45) is 0. The molecule has 3 rings (SSSR count). The third kappa shape index (κ3) is 4.13. The summed E-state index contributed by atoms with van der Waals surface area (Å²) in [6, 6.07) is 11.4. The Kier molecular flexibility index (Phi) is 6.11. The van der Waals surface area contributed by atoms with Gasteiger partial charge in [-0.3, -0.25) is 4.79 Å². The molecule has 7 nitrogen and oxygen atoms in total. The van der Waals surface area contributed by atoms with Crippen molar-refractivity contribution >= 4 is 17.5 Å². The summed E-state index contributed by atoms with van der Waals surface area (Å²) in [5, 5.41) is 8.74. The van der Waals surface area contributed by atoms with Crippen LogP contribution in [0.4, 0.5) is 11.6 Å². The van der Waals surface area contributed by atoms with Crippen LogP contribution in [0.3, 0.4) is 0 Å². The first kappa shape index (κ1) is 18.9. The molecule has 1 aliphatic rings. The van der Waals surface area contributed by atoms with E-state index in [4.69, 9.17) is 4.74 Å². The van der Waals surface area contributed by atoms with Gasteiger partial charge in [0.1, 0.15) is 5.75 Å². The molecule has 0 atom stereocenters. The summed E-state index contributed by atoms with van der Waals surface area (Å²) in [5.74, 6) is 2.38. The smallest absolute Gasteiger partial charge is 0.257 e. The van der Waals surface area contributed by atoms with Crippen LogP contribution in [0, 0.1) is 0 Å². The molecule has 0 saturated carbocycles. The van der Waals surface area contributed by atoms with E-state index in [0.717, 1.165) is 37.8 Å². The predicted octanol–water partition coefficient (Wildman–Crippen LogP) is 2.29. The normalized spacial score (nSPS) is 14.2. The van der Waals surface area contributed by atoms with Crippen LogP contribution < -0.4 is 14.5 Å². The third-order valence-electron chi connectivity index (χ3n) is 4.95. The van der Waals surface area contributed by atoms with E-state index >= 15 is 0 Å². The van der Waals surface area contributed by atoms with Gasteiger partial charge in [0.05, 0.1) is 12.7 Å². The van der Waals surface area contributed by atoms with Gasteiger partial charge in [-0.25, -0.2) is 0 Å². The number of para-hydroxylation sites is 1. The van der Waals surface area contributed by atoms with Gasteiger partial charge >= 0.3 is 0 Å². The Labute approximate surface area is 160 Å². The molecule has 0 unspecified atom stereocenters. The monoisotopic (exact) mass is 369 g/mol. The average Bonchev–Trinajstić information content (AvgIpc) is 2.74. The van der Waals surface area contributed by atoms with Crippen LogP contribution in [-0.2, 0) is 0 Å². The van der Waals surface area contributed by atoms with Gasteiger partial charge < -0.3 is 19.4 Å². The van der Waals surface area contributed by atoms with Gasteiger partial charge in [-0.2, -0.15) is 0 Å². The van der Waals surface area contributed by atoms with Crippen molar-refractivity contribution in [2.24, 2.45) is 0 Å². The number of aromatic nitrogens is 2. The average molecular weight is 369 g/mol. The van der Waals surface area contributed by atoms with E-state index < -0.39 is 0 Å². The molecule has 0 spiro atoms. The number of hydrogen-bond donors (Lipinski definition) is 0. The van der Waals surface area contributed by atoms with Crippen molar-refractivity contribution in [2.75, 3.05) is 56.2 Å². The van der Waals surface area contributed by atoms with E-state index in [9.17, 15) is 4.79 Å². The Bertz CT molecular complexity index is 753. The molecule has 1 aromatic carbocycles.